The quantitative estimate of drug-likeness (QED) is 0.469. The molecule has 8 heteroatoms. The fourth-order valence-corrected chi connectivity index (χ4v) is 3.57. The molecule has 1 aliphatic carbocycles. The number of halogens is 2. The van der Waals surface area contributed by atoms with Crippen LogP contribution in [0.4, 0.5) is 4.39 Å². The van der Waals surface area contributed by atoms with Crippen molar-refractivity contribution in [2.24, 2.45) is 10.9 Å². The normalized spacial score (nSPS) is 19.4. The first-order chi connectivity index (χ1) is 14.1. The van der Waals surface area contributed by atoms with E-state index in [0.29, 0.717) is 36.2 Å². The van der Waals surface area contributed by atoms with Crippen molar-refractivity contribution in [3.63, 3.8) is 0 Å². The van der Waals surface area contributed by atoms with Crippen molar-refractivity contribution >= 4 is 17.6 Å². The second-order valence-corrected chi connectivity index (χ2v) is 8.20. The average molecular weight is 427 g/mol. The number of aliphatic hydroxyl groups excluding tert-OH is 1. The second-order valence-electron chi connectivity index (χ2n) is 7.79. The summed E-state index contributed by atoms with van der Waals surface area (Å²) in [4.78, 5) is 8.97. The van der Waals surface area contributed by atoms with Crippen LogP contribution in [0.15, 0.2) is 23.2 Å². The summed E-state index contributed by atoms with van der Waals surface area (Å²) in [6.45, 7) is 7.84. The van der Waals surface area contributed by atoms with Crippen molar-refractivity contribution < 1.29 is 14.2 Å². The largest absolute Gasteiger partial charge is 0.389 e. The molecule has 0 radical (unpaired) electrons. The molecule has 2 aliphatic rings. The first-order valence-electron chi connectivity index (χ1n) is 10.5. The van der Waals surface area contributed by atoms with E-state index in [4.69, 9.17) is 16.3 Å². The molecular formula is C21H32ClFN4O2. The number of hydrogen-bond acceptors (Lipinski definition) is 4. The smallest absolute Gasteiger partial charge is 0.194 e. The Morgan fingerprint density at radius 1 is 1.34 bits per heavy atom. The van der Waals surface area contributed by atoms with Crippen molar-refractivity contribution in [3.8, 4) is 0 Å². The number of guanidine groups is 1. The Kier molecular flexibility index (Phi) is 8.53. The van der Waals surface area contributed by atoms with E-state index in [2.05, 4.69) is 20.1 Å². The Labute approximate surface area is 177 Å². The van der Waals surface area contributed by atoms with Gasteiger partial charge in [-0.1, -0.05) is 17.7 Å². The van der Waals surface area contributed by atoms with Crippen molar-refractivity contribution in [2.45, 2.75) is 32.4 Å². The van der Waals surface area contributed by atoms with Gasteiger partial charge in [0.05, 0.1) is 19.3 Å². The number of aliphatic imine (C=N–C) groups is 1. The van der Waals surface area contributed by atoms with Gasteiger partial charge in [0.15, 0.2) is 5.96 Å². The number of benzene rings is 1. The van der Waals surface area contributed by atoms with Crippen LogP contribution >= 0.6 is 11.6 Å². The Hall–Kier alpha value is -1.41. The monoisotopic (exact) mass is 426 g/mol. The van der Waals surface area contributed by atoms with Gasteiger partial charge < -0.3 is 20.1 Å². The standard InChI is InChI=1S/C21H32ClFN4O2/c1-2-24-21(25-12-17(28)15-29-14-16-6-7-16)27-10-8-26(9-11-27)13-18-19(22)4-3-5-20(18)23/h3-5,16-17,28H,2,6-15H2,1H3,(H,24,25). The molecule has 1 saturated heterocycles. The lowest BCUT2D eigenvalue weighted by Gasteiger charge is -2.36. The van der Waals surface area contributed by atoms with E-state index in [1.807, 2.05) is 6.92 Å². The minimum Gasteiger partial charge on any atom is -0.389 e. The van der Waals surface area contributed by atoms with Crippen LogP contribution in [0.25, 0.3) is 0 Å². The minimum atomic E-state index is -0.591. The van der Waals surface area contributed by atoms with Crippen LogP contribution in [0.3, 0.4) is 0 Å². The Balaban J connectivity index is 1.46. The van der Waals surface area contributed by atoms with Crippen LogP contribution in [0.5, 0.6) is 0 Å². The molecule has 1 aromatic carbocycles. The lowest BCUT2D eigenvalue weighted by molar-refractivity contribution is 0.0367. The lowest BCUT2D eigenvalue weighted by atomic mass is 10.2. The molecule has 162 valence electrons. The van der Waals surface area contributed by atoms with Gasteiger partial charge in [0.1, 0.15) is 5.82 Å². The highest BCUT2D eigenvalue weighted by atomic mass is 35.5. The second kappa shape index (κ2) is 11.1. The van der Waals surface area contributed by atoms with Crippen LogP contribution in [0, 0.1) is 11.7 Å². The first-order valence-corrected chi connectivity index (χ1v) is 10.9. The molecule has 29 heavy (non-hydrogen) atoms. The van der Waals surface area contributed by atoms with Gasteiger partial charge in [0.2, 0.25) is 0 Å². The molecule has 1 unspecified atom stereocenters. The lowest BCUT2D eigenvalue weighted by Crippen LogP contribution is -2.52. The molecule has 0 bridgehead atoms. The van der Waals surface area contributed by atoms with E-state index in [1.165, 1.54) is 18.9 Å². The van der Waals surface area contributed by atoms with Gasteiger partial charge in [-0.05, 0) is 37.8 Å². The molecule has 6 nitrogen and oxygen atoms in total. The van der Waals surface area contributed by atoms with E-state index in [0.717, 1.165) is 45.3 Å². The maximum Gasteiger partial charge on any atom is 0.194 e. The van der Waals surface area contributed by atoms with Crippen molar-refractivity contribution in [1.82, 2.24) is 15.1 Å². The van der Waals surface area contributed by atoms with Gasteiger partial charge in [-0.15, -0.1) is 0 Å². The fraction of sp³-hybridized carbons (Fsp3) is 0.667. The number of rotatable bonds is 9. The van der Waals surface area contributed by atoms with Crippen LogP contribution in [-0.2, 0) is 11.3 Å². The summed E-state index contributed by atoms with van der Waals surface area (Å²) < 4.78 is 19.6. The number of ether oxygens (including phenoxy) is 1. The molecule has 2 fully saturated rings. The third kappa shape index (κ3) is 7.10. The van der Waals surface area contributed by atoms with Gasteiger partial charge in [0.25, 0.3) is 0 Å². The molecule has 2 N–H and O–H groups in total. The van der Waals surface area contributed by atoms with Crippen LogP contribution < -0.4 is 5.32 Å². The number of hydrogen-bond donors (Lipinski definition) is 2. The third-order valence-corrected chi connectivity index (χ3v) is 5.62. The van der Waals surface area contributed by atoms with E-state index in [1.54, 1.807) is 12.1 Å². The first kappa shape index (κ1) is 22.3. The van der Waals surface area contributed by atoms with Crippen molar-refractivity contribution in [1.29, 1.82) is 0 Å². The molecule has 0 aromatic heterocycles. The van der Waals surface area contributed by atoms with Gasteiger partial charge >= 0.3 is 0 Å². The zero-order chi connectivity index (χ0) is 20.6. The molecule has 1 heterocycles. The Bertz CT molecular complexity index is 658. The van der Waals surface area contributed by atoms with Gasteiger partial charge in [-0.2, -0.15) is 0 Å². The topological polar surface area (TPSA) is 60.3 Å². The zero-order valence-corrected chi connectivity index (χ0v) is 17.9. The molecule has 1 atom stereocenters. The number of nitrogens with zero attached hydrogens (tertiary/aromatic N) is 3. The van der Waals surface area contributed by atoms with Crippen molar-refractivity contribution in [2.75, 3.05) is 52.5 Å². The fourth-order valence-electron chi connectivity index (χ4n) is 3.35. The highest BCUT2D eigenvalue weighted by Gasteiger charge is 2.23. The maximum absolute atomic E-state index is 14.0. The number of nitrogens with one attached hydrogen (secondary N) is 1. The van der Waals surface area contributed by atoms with Crippen LogP contribution in [-0.4, -0.2) is 79.5 Å². The summed E-state index contributed by atoms with van der Waals surface area (Å²) in [5.74, 6) is 1.24. The third-order valence-electron chi connectivity index (χ3n) is 5.26. The van der Waals surface area contributed by atoms with E-state index < -0.39 is 6.10 Å². The number of aliphatic hydroxyl groups is 1. The molecule has 1 saturated carbocycles. The maximum atomic E-state index is 14.0. The summed E-state index contributed by atoms with van der Waals surface area (Å²) in [6.07, 6.45) is 1.90. The minimum absolute atomic E-state index is 0.257. The summed E-state index contributed by atoms with van der Waals surface area (Å²) in [5, 5.41) is 13.9. The van der Waals surface area contributed by atoms with Crippen LogP contribution in [0.2, 0.25) is 5.02 Å². The summed E-state index contributed by atoms with van der Waals surface area (Å²) >= 11 is 6.16. The predicted molar refractivity (Wildman–Crippen MR) is 114 cm³/mol. The van der Waals surface area contributed by atoms with Gasteiger partial charge in [-0.3, -0.25) is 9.89 Å². The predicted octanol–water partition coefficient (Wildman–Crippen LogP) is 2.35. The Morgan fingerprint density at radius 2 is 2.10 bits per heavy atom. The van der Waals surface area contributed by atoms with E-state index in [9.17, 15) is 9.50 Å². The Morgan fingerprint density at radius 3 is 2.76 bits per heavy atom. The molecule has 1 aromatic rings. The average Bonchev–Trinajstić information content (AvgIpc) is 3.53. The molecule has 0 amide bonds. The van der Waals surface area contributed by atoms with Crippen molar-refractivity contribution in [3.05, 3.63) is 34.6 Å². The highest BCUT2D eigenvalue weighted by molar-refractivity contribution is 6.31. The summed E-state index contributed by atoms with van der Waals surface area (Å²) in [5.41, 5.74) is 0.553. The molecule has 0 spiro atoms. The summed E-state index contributed by atoms with van der Waals surface area (Å²) in [6, 6.07) is 4.81. The number of piperazine rings is 1. The SMILES string of the molecule is CCNC(=NCC(O)COCC1CC1)N1CCN(Cc2c(F)cccc2Cl)CC1. The van der Waals surface area contributed by atoms with Gasteiger partial charge in [0, 0.05) is 56.5 Å². The zero-order valence-electron chi connectivity index (χ0n) is 17.1. The van der Waals surface area contributed by atoms with Crippen LogP contribution in [0.1, 0.15) is 25.3 Å². The van der Waals surface area contributed by atoms with Gasteiger partial charge in [-0.25, -0.2) is 4.39 Å². The highest BCUT2D eigenvalue weighted by Crippen LogP contribution is 2.28. The summed E-state index contributed by atoms with van der Waals surface area (Å²) in [7, 11) is 0. The molecule has 3 rings (SSSR count). The van der Waals surface area contributed by atoms with E-state index in [-0.39, 0.29) is 5.82 Å². The molecule has 1 aliphatic heterocycles. The van der Waals surface area contributed by atoms with E-state index >= 15 is 0 Å². The molecular weight excluding hydrogens is 395 g/mol.